The molecule has 4 aliphatic rings. The van der Waals surface area contributed by atoms with Crippen LogP contribution in [0, 0.1) is 22.2 Å². The van der Waals surface area contributed by atoms with Gasteiger partial charge in [-0.05, 0) is 74.7 Å². The number of hydrogen-bond donors (Lipinski definition) is 2. The summed E-state index contributed by atoms with van der Waals surface area (Å²) in [5, 5.41) is 3.21. The van der Waals surface area contributed by atoms with Crippen LogP contribution in [0.2, 0.25) is 0 Å². The van der Waals surface area contributed by atoms with Crippen LogP contribution in [-0.4, -0.2) is 19.0 Å². The van der Waals surface area contributed by atoms with Crippen molar-refractivity contribution in [3.05, 3.63) is 0 Å². The summed E-state index contributed by atoms with van der Waals surface area (Å²) in [6.45, 7) is 6.37. The van der Waals surface area contributed by atoms with E-state index in [4.69, 9.17) is 5.73 Å². The van der Waals surface area contributed by atoms with E-state index in [-0.39, 0.29) is 17.8 Å². The average molecular weight is 315 g/mol. The number of hydrogen-bond acceptors (Lipinski definition) is 2. The van der Waals surface area contributed by atoms with E-state index in [0.29, 0.717) is 16.7 Å². The number of carbonyl (C=O) groups is 1. The molecule has 4 heteroatoms. The van der Waals surface area contributed by atoms with Crippen LogP contribution in [0.4, 0.5) is 0 Å². The van der Waals surface area contributed by atoms with E-state index >= 15 is 0 Å². The molecule has 4 saturated carbocycles. The minimum atomic E-state index is -0.0500. The molecular formula is C17H31ClN2O. The van der Waals surface area contributed by atoms with E-state index in [2.05, 4.69) is 19.2 Å². The number of amides is 1. The van der Waals surface area contributed by atoms with Crippen LogP contribution in [0.15, 0.2) is 0 Å². The van der Waals surface area contributed by atoms with Gasteiger partial charge in [-0.25, -0.2) is 0 Å². The summed E-state index contributed by atoms with van der Waals surface area (Å²) >= 11 is 0. The Balaban J connectivity index is 0.00000161. The first-order valence-corrected chi connectivity index (χ1v) is 8.37. The number of rotatable bonds is 5. The van der Waals surface area contributed by atoms with E-state index in [0.717, 1.165) is 51.1 Å². The topological polar surface area (TPSA) is 55.1 Å². The minimum Gasteiger partial charge on any atom is -0.356 e. The third kappa shape index (κ3) is 3.10. The van der Waals surface area contributed by atoms with Crippen molar-refractivity contribution in [2.75, 3.05) is 13.1 Å². The Labute approximate surface area is 135 Å². The van der Waals surface area contributed by atoms with Gasteiger partial charge in [-0.2, -0.15) is 0 Å². The molecule has 0 aromatic rings. The van der Waals surface area contributed by atoms with Crippen LogP contribution < -0.4 is 11.1 Å². The summed E-state index contributed by atoms with van der Waals surface area (Å²) in [6.07, 6.45) is 9.43. The second kappa shape index (κ2) is 5.73. The highest BCUT2D eigenvalue weighted by molar-refractivity contribution is 5.85. The van der Waals surface area contributed by atoms with E-state index in [9.17, 15) is 4.79 Å². The summed E-state index contributed by atoms with van der Waals surface area (Å²) in [7, 11) is 0. The number of nitrogens with two attached hydrogens (primary N) is 1. The quantitative estimate of drug-likeness (QED) is 0.765. The van der Waals surface area contributed by atoms with E-state index in [1.807, 2.05) is 0 Å². The first kappa shape index (κ1) is 17.1. The second-order valence-corrected chi connectivity index (χ2v) is 8.66. The lowest BCUT2D eigenvalue weighted by atomic mass is 9.40. The fourth-order valence-electron chi connectivity index (χ4n) is 6.36. The zero-order valence-electron chi connectivity index (χ0n) is 13.5. The molecule has 3 nitrogen and oxygen atoms in total. The maximum Gasteiger partial charge on any atom is 0.226 e. The van der Waals surface area contributed by atoms with Crippen LogP contribution in [0.25, 0.3) is 0 Å². The van der Waals surface area contributed by atoms with Gasteiger partial charge in [0, 0.05) is 6.54 Å². The molecule has 2 atom stereocenters. The summed E-state index contributed by atoms with van der Waals surface area (Å²) in [4.78, 5) is 12.8. The van der Waals surface area contributed by atoms with Crippen molar-refractivity contribution in [3.63, 3.8) is 0 Å². The molecule has 21 heavy (non-hydrogen) atoms. The maximum absolute atomic E-state index is 12.8. The lowest BCUT2D eigenvalue weighted by molar-refractivity contribution is -0.170. The van der Waals surface area contributed by atoms with Crippen LogP contribution in [0.1, 0.15) is 65.2 Å². The first-order chi connectivity index (χ1) is 9.39. The highest BCUT2D eigenvalue weighted by Crippen LogP contribution is 2.69. The van der Waals surface area contributed by atoms with Crippen molar-refractivity contribution in [1.82, 2.24) is 5.32 Å². The Bertz CT molecular complexity index is 394. The van der Waals surface area contributed by atoms with Crippen molar-refractivity contribution in [2.24, 2.45) is 27.9 Å². The molecule has 0 aromatic carbocycles. The Hall–Kier alpha value is -0.280. The molecule has 0 radical (unpaired) electrons. The molecule has 2 unspecified atom stereocenters. The Morgan fingerprint density at radius 2 is 1.71 bits per heavy atom. The highest BCUT2D eigenvalue weighted by Gasteiger charge is 2.62. The van der Waals surface area contributed by atoms with Gasteiger partial charge in [0.25, 0.3) is 0 Å². The van der Waals surface area contributed by atoms with Crippen molar-refractivity contribution < 1.29 is 4.79 Å². The standard InChI is InChI=1S/C17H30N2O.ClH/c1-15-7-13-8-16(2,10-15)12-17(9-13,11-15)14(20)19-6-4-3-5-18;/h13H,3-12,18H2,1-2H3,(H,19,20);1H. The third-order valence-corrected chi connectivity index (χ3v) is 6.02. The zero-order chi connectivity index (χ0) is 14.4. The molecule has 0 heterocycles. The van der Waals surface area contributed by atoms with Crippen molar-refractivity contribution >= 4 is 18.3 Å². The Kier molecular flexibility index (Phi) is 4.66. The van der Waals surface area contributed by atoms with Gasteiger partial charge < -0.3 is 11.1 Å². The van der Waals surface area contributed by atoms with Gasteiger partial charge in [0.2, 0.25) is 5.91 Å². The van der Waals surface area contributed by atoms with E-state index in [1.54, 1.807) is 0 Å². The third-order valence-electron chi connectivity index (χ3n) is 6.02. The van der Waals surface area contributed by atoms with Crippen LogP contribution in [-0.2, 0) is 4.79 Å². The van der Waals surface area contributed by atoms with Gasteiger partial charge >= 0.3 is 0 Å². The summed E-state index contributed by atoms with van der Waals surface area (Å²) in [5.41, 5.74) is 6.30. The van der Waals surface area contributed by atoms with Crippen molar-refractivity contribution in [3.8, 4) is 0 Å². The molecular weight excluding hydrogens is 284 g/mol. The normalized spacial score (nSPS) is 43.5. The molecule has 0 aliphatic heterocycles. The van der Waals surface area contributed by atoms with Crippen molar-refractivity contribution in [2.45, 2.75) is 65.2 Å². The monoisotopic (exact) mass is 314 g/mol. The largest absolute Gasteiger partial charge is 0.356 e. The minimum absolute atomic E-state index is 0. The number of unbranched alkanes of at least 4 members (excludes halogenated alkanes) is 1. The van der Waals surface area contributed by atoms with Crippen molar-refractivity contribution in [1.29, 1.82) is 0 Å². The van der Waals surface area contributed by atoms with E-state index < -0.39 is 0 Å². The first-order valence-electron chi connectivity index (χ1n) is 8.37. The Morgan fingerprint density at radius 3 is 2.24 bits per heavy atom. The number of halogens is 1. The van der Waals surface area contributed by atoms with Gasteiger partial charge in [0.15, 0.2) is 0 Å². The lowest BCUT2D eigenvalue weighted by Gasteiger charge is -2.64. The number of nitrogens with one attached hydrogen (secondary N) is 1. The molecule has 0 spiro atoms. The highest BCUT2D eigenvalue weighted by atomic mass is 35.5. The van der Waals surface area contributed by atoms with Crippen LogP contribution in [0.5, 0.6) is 0 Å². The second-order valence-electron chi connectivity index (χ2n) is 8.66. The van der Waals surface area contributed by atoms with Crippen LogP contribution in [0.3, 0.4) is 0 Å². The molecule has 122 valence electrons. The van der Waals surface area contributed by atoms with Crippen LogP contribution >= 0.6 is 12.4 Å². The van der Waals surface area contributed by atoms with Gasteiger partial charge in [0.1, 0.15) is 0 Å². The molecule has 4 bridgehead atoms. The summed E-state index contributed by atoms with van der Waals surface area (Å²) < 4.78 is 0. The predicted molar refractivity (Wildman–Crippen MR) is 88.4 cm³/mol. The van der Waals surface area contributed by atoms with Gasteiger partial charge in [0.05, 0.1) is 5.41 Å². The molecule has 4 fully saturated rings. The zero-order valence-corrected chi connectivity index (χ0v) is 14.4. The predicted octanol–water partition coefficient (Wildman–Crippen LogP) is 3.26. The lowest BCUT2D eigenvalue weighted by Crippen LogP contribution is -2.59. The molecule has 4 rings (SSSR count). The maximum atomic E-state index is 12.8. The fourth-order valence-corrected chi connectivity index (χ4v) is 6.36. The fraction of sp³-hybridized carbons (Fsp3) is 0.941. The Morgan fingerprint density at radius 1 is 1.10 bits per heavy atom. The average Bonchev–Trinajstić information content (AvgIpc) is 2.29. The van der Waals surface area contributed by atoms with E-state index in [1.165, 1.54) is 19.3 Å². The smallest absolute Gasteiger partial charge is 0.226 e. The molecule has 4 aliphatic carbocycles. The number of carbonyl (C=O) groups excluding carboxylic acids is 1. The molecule has 0 aromatic heterocycles. The molecule has 3 N–H and O–H groups in total. The van der Waals surface area contributed by atoms with Gasteiger partial charge in [-0.3, -0.25) is 4.79 Å². The SMILES string of the molecule is CC12CC3CC(C)(C1)CC(C(=O)NCCCCN)(C3)C2.Cl. The molecule has 0 saturated heterocycles. The summed E-state index contributed by atoms with van der Waals surface area (Å²) in [5.74, 6) is 1.13. The van der Waals surface area contributed by atoms with Gasteiger partial charge in [-0.1, -0.05) is 13.8 Å². The van der Waals surface area contributed by atoms with Gasteiger partial charge in [-0.15, -0.1) is 12.4 Å². The summed E-state index contributed by atoms with van der Waals surface area (Å²) in [6, 6.07) is 0. The molecule has 1 amide bonds.